The molecule has 3 aliphatic heterocycles. The second-order valence-electron chi connectivity index (χ2n) is 8.09. The van der Waals surface area contributed by atoms with Crippen molar-refractivity contribution in [2.24, 2.45) is 5.41 Å². The highest BCUT2D eigenvalue weighted by Crippen LogP contribution is 2.43. The second kappa shape index (κ2) is 6.27. The Hall–Kier alpha value is -2.97. The van der Waals surface area contributed by atoms with Crippen LogP contribution in [-0.4, -0.2) is 54.7 Å². The molecule has 0 saturated carbocycles. The lowest BCUT2D eigenvalue weighted by Gasteiger charge is -2.61. The first-order valence-corrected chi connectivity index (χ1v) is 9.42. The predicted octanol–water partition coefficient (Wildman–Crippen LogP) is 3.03. The molecule has 1 aromatic carbocycles. The Morgan fingerprint density at radius 2 is 1.86 bits per heavy atom. The lowest BCUT2D eigenvalue weighted by molar-refractivity contribution is 0.00856. The van der Waals surface area contributed by atoms with Gasteiger partial charge in [0.15, 0.2) is 11.6 Å². The van der Waals surface area contributed by atoms with E-state index in [0.717, 1.165) is 31.0 Å². The van der Waals surface area contributed by atoms with Gasteiger partial charge in [-0.05, 0) is 19.1 Å². The van der Waals surface area contributed by atoms with E-state index in [4.69, 9.17) is 4.74 Å². The van der Waals surface area contributed by atoms with Crippen molar-refractivity contribution in [2.45, 2.75) is 13.0 Å². The molecule has 0 radical (unpaired) electrons. The minimum atomic E-state index is -1.01. The molecule has 152 valence electrons. The number of anilines is 2. The van der Waals surface area contributed by atoms with Crippen molar-refractivity contribution in [3.8, 4) is 5.75 Å². The number of benzene rings is 1. The number of halogens is 3. The average molecular weight is 404 g/mol. The average Bonchev–Trinajstić information content (AvgIpc) is 2.62. The third-order valence-electron chi connectivity index (χ3n) is 5.80. The van der Waals surface area contributed by atoms with Crippen LogP contribution in [0, 0.1) is 22.9 Å². The molecule has 3 aliphatic rings. The Bertz CT molecular complexity index is 970. The molecule has 1 aromatic heterocycles. The van der Waals surface area contributed by atoms with Gasteiger partial charge in [-0.15, -0.1) is 0 Å². The van der Waals surface area contributed by atoms with Crippen LogP contribution in [0.4, 0.5) is 29.5 Å². The number of amides is 2. The van der Waals surface area contributed by atoms with Crippen LogP contribution in [0.5, 0.6) is 5.75 Å². The Morgan fingerprint density at radius 3 is 2.55 bits per heavy atom. The predicted molar refractivity (Wildman–Crippen MR) is 99.6 cm³/mol. The highest BCUT2D eigenvalue weighted by molar-refractivity contribution is 5.95. The van der Waals surface area contributed by atoms with Crippen molar-refractivity contribution >= 4 is 17.5 Å². The molecular formula is C20H19F3N4O2. The number of fused-ring (bicyclic) bond motifs is 1. The summed E-state index contributed by atoms with van der Waals surface area (Å²) in [7, 11) is 0. The molecule has 1 atom stereocenters. The van der Waals surface area contributed by atoms with Crippen molar-refractivity contribution in [2.75, 3.05) is 42.6 Å². The van der Waals surface area contributed by atoms with Gasteiger partial charge >= 0.3 is 6.03 Å². The molecule has 29 heavy (non-hydrogen) atoms. The third-order valence-corrected chi connectivity index (χ3v) is 5.80. The largest absolute Gasteiger partial charge is 0.489 e. The first-order chi connectivity index (χ1) is 13.8. The van der Waals surface area contributed by atoms with Gasteiger partial charge in [0.05, 0.1) is 17.9 Å². The fraction of sp³-hybridized carbons (Fsp3) is 0.400. The van der Waals surface area contributed by atoms with Crippen LogP contribution < -0.4 is 14.5 Å². The highest BCUT2D eigenvalue weighted by Gasteiger charge is 2.54. The fourth-order valence-electron chi connectivity index (χ4n) is 4.37. The van der Waals surface area contributed by atoms with Crippen molar-refractivity contribution in [3.63, 3.8) is 0 Å². The number of nitrogens with zero attached hydrogens (tertiary/aromatic N) is 4. The van der Waals surface area contributed by atoms with Gasteiger partial charge in [-0.1, -0.05) is 0 Å². The summed E-state index contributed by atoms with van der Waals surface area (Å²) in [4.78, 5) is 22.4. The normalized spacial score (nSPS) is 21.9. The molecule has 1 spiro atoms. The second-order valence-corrected chi connectivity index (χ2v) is 8.09. The summed E-state index contributed by atoms with van der Waals surface area (Å²) in [6.07, 6.45) is 1.19. The van der Waals surface area contributed by atoms with Crippen LogP contribution in [0.3, 0.4) is 0 Å². The van der Waals surface area contributed by atoms with Gasteiger partial charge in [-0.3, -0.25) is 4.90 Å². The maximum absolute atomic E-state index is 13.8. The number of urea groups is 1. The molecule has 6 nitrogen and oxygen atoms in total. The van der Waals surface area contributed by atoms with Gasteiger partial charge in [0.1, 0.15) is 24.0 Å². The lowest BCUT2D eigenvalue weighted by atomic mass is 9.73. The number of carbonyl (C=O) groups excluding carboxylic acids is 1. The zero-order valence-corrected chi connectivity index (χ0v) is 15.7. The number of hydrogen-bond donors (Lipinski definition) is 0. The number of rotatable bonds is 1. The van der Waals surface area contributed by atoms with Gasteiger partial charge < -0.3 is 14.5 Å². The molecule has 4 heterocycles. The zero-order valence-electron chi connectivity index (χ0n) is 15.7. The molecule has 5 rings (SSSR count). The smallest absolute Gasteiger partial charge is 0.325 e. The van der Waals surface area contributed by atoms with Crippen LogP contribution in [0.2, 0.25) is 0 Å². The van der Waals surface area contributed by atoms with E-state index < -0.39 is 11.6 Å². The first kappa shape index (κ1) is 18.1. The van der Waals surface area contributed by atoms with Crippen LogP contribution in [0.25, 0.3) is 0 Å². The molecule has 2 saturated heterocycles. The Kier molecular flexibility index (Phi) is 3.91. The fourth-order valence-corrected chi connectivity index (χ4v) is 4.37. The van der Waals surface area contributed by atoms with Gasteiger partial charge in [0.2, 0.25) is 0 Å². The Balaban J connectivity index is 1.27. The Labute approximate surface area is 165 Å². The monoisotopic (exact) mass is 404 g/mol. The van der Waals surface area contributed by atoms with E-state index in [2.05, 4.69) is 4.98 Å². The number of pyridine rings is 1. The molecule has 2 amide bonds. The van der Waals surface area contributed by atoms with Crippen LogP contribution in [0.15, 0.2) is 30.5 Å². The molecule has 2 fully saturated rings. The lowest BCUT2D eigenvalue weighted by Crippen LogP contribution is -2.74. The maximum atomic E-state index is 13.8. The molecule has 1 unspecified atom stereocenters. The van der Waals surface area contributed by atoms with Crippen molar-refractivity contribution in [3.05, 3.63) is 47.9 Å². The summed E-state index contributed by atoms with van der Waals surface area (Å²) in [5.74, 6) is -1.50. The van der Waals surface area contributed by atoms with E-state index in [0.29, 0.717) is 13.1 Å². The van der Waals surface area contributed by atoms with Gasteiger partial charge in [-0.2, -0.15) is 0 Å². The van der Waals surface area contributed by atoms with Gasteiger partial charge in [-0.25, -0.2) is 22.9 Å². The van der Waals surface area contributed by atoms with Crippen LogP contribution in [-0.2, 0) is 0 Å². The first-order valence-electron chi connectivity index (χ1n) is 9.42. The molecule has 0 aliphatic carbocycles. The van der Waals surface area contributed by atoms with Crippen LogP contribution in [0.1, 0.15) is 6.92 Å². The van der Waals surface area contributed by atoms with Crippen molar-refractivity contribution in [1.82, 2.24) is 9.88 Å². The third kappa shape index (κ3) is 2.87. The van der Waals surface area contributed by atoms with Crippen molar-refractivity contribution < 1.29 is 22.7 Å². The van der Waals surface area contributed by atoms with Crippen LogP contribution >= 0.6 is 0 Å². The summed E-state index contributed by atoms with van der Waals surface area (Å²) in [5.41, 5.74) is 0.248. The standard InChI is InChI=1S/C20H19F3N4O2/c1-12-7-29-17-5-15(23)14(22)4-16(17)27(12)19(28)26-10-20(11-26)8-25(9-20)18-3-2-13(21)6-24-18/h2-6,12H,7-11H2,1H3. The molecule has 0 bridgehead atoms. The van der Waals surface area contributed by atoms with Gasteiger partial charge in [0.25, 0.3) is 0 Å². The summed E-state index contributed by atoms with van der Waals surface area (Å²) in [6, 6.07) is 4.48. The number of carbonyl (C=O) groups is 1. The summed E-state index contributed by atoms with van der Waals surface area (Å²) < 4.78 is 45.8. The SMILES string of the molecule is CC1COc2cc(F)c(F)cc2N1C(=O)N1CC2(C1)CN(c1ccc(F)cn1)C2. The minimum Gasteiger partial charge on any atom is -0.489 e. The van der Waals surface area contributed by atoms with E-state index in [9.17, 15) is 18.0 Å². The van der Waals surface area contributed by atoms with E-state index >= 15 is 0 Å². The topological polar surface area (TPSA) is 48.9 Å². The maximum Gasteiger partial charge on any atom is 0.325 e. The highest BCUT2D eigenvalue weighted by atomic mass is 19.2. The van der Waals surface area contributed by atoms with Crippen molar-refractivity contribution in [1.29, 1.82) is 0 Å². The van der Waals surface area contributed by atoms with E-state index in [1.807, 2.05) is 11.8 Å². The zero-order chi connectivity index (χ0) is 20.3. The number of aromatic nitrogens is 1. The summed E-state index contributed by atoms with van der Waals surface area (Å²) in [6.45, 7) is 4.66. The summed E-state index contributed by atoms with van der Waals surface area (Å²) >= 11 is 0. The number of likely N-dealkylation sites (tertiary alicyclic amines) is 1. The molecular weight excluding hydrogens is 385 g/mol. The molecule has 2 aromatic rings. The summed E-state index contributed by atoms with van der Waals surface area (Å²) in [5, 5.41) is 0. The van der Waals surface area contributed by atoms with E-state index in [1.54, 1.807) is 11.0 Å². The molecule has 9 heteroatoms. The minimum absolute atomic E-state index is 0.00186. The Morgan fingerprint density at radius 1 is 1.14 bits per heavy atom. The quantitative estimate of drug-likeness (QED) is 0.733. The number of ether oxygens (including phenoxy) is 1. The van der Waals surface area contributed by atoms with E-state index in [1.165, 1.54) is 17.2 Å². The number of hydrogen-bond acceptors (Lipinski definition) is 4. The van der Waals surface area contributed by atoms with E-state index in [-0.39, 0.29) is 41.3 Å². The molecule has 0 N–H and O–H groups in total. The van der Waals surface area contributed by atoms with Gasteiger partial charge in [0, 0.05) is 43.7 Å².